The van der Waals surface area contributed by atoms with Crippen LogP contribution in [0, 0.1) is 5.92 Å². The predicted octanol–water partition coefficient (Wildman–Crippen LogP) is 1.20. The maximum Gasteiger partial charge on any atom is 0.251 e. The number of nitrogens with zero attached hydrogens (tertiary/aromatic N) is 1. The van der Waals surface area contributed by atoms with E-state index in [9.17, 15) is 13.2 Å². The van der Waals surface area contributed by atoms with Gasteiger partial charge in [0.15, 0.2) is 0 Å². The van der Waals surface area contributed by atoms with Gasteiger partial charge in [-0.2, -0.15) is 4.31 Å². The molecule has 0 aromatic heterocycles. The number of rotatable bonds is 7. The Morgan fingerprint density at radius 3 is 2.58 bits per heavy atom. The Morgan fingerprint density at radius 1 is 1.35 bits per heavy atom. The van der Waals surface area contributed by atoms with Gasteiger partial charge in [-0.25, -0.2) is 8.42 Å². The monoisotopic (exact) mass is 383 g/mol. The number of sulfonamides is 1. The minimum absolute atomic E-state index is 0.116. The molecule has 7 nitrogen and oxygen atoms in total. The van der Waals surface area contributed by atoms with Crippen LogP contribution in [0.5, 0.6) is 0 Å². The molecule has 1 aliphatic rings. The highest BCUT2D eigenvalue weighted by Gasteiger charge is 2.29. The van der Waals surface area contributed by atoms with E-state index in [1.165, 1.54) is 16.4 Å². The smallest absolute Gasteiger partial charge is 0.251 e. The van der Waals surface area contributed by atoms with Crippen LogP contribution in [-0.2, 0) is 14.8 Å². The molecule has 2 rings (SSSR count). The molecular weight excluding hydrogens is 354 g/mol. The molecule has 0 aliphatic carbocycles. The number of nitrogens with one attached hydrogen (secondary N) is 1. The Morgan fingerprint density at radius 2 is 2.00 bits per heavy atom. The number of morpholine rings is 1. The van der Waals surface area contributed by atoms with E-state index in [0.717, 1.165) is 6.42 Å². The lowest BCUT2D eigenvalue weighted by atomic mass is 9.90. The summed E-state index contributed by atoms with van der Waals surface area (Å²) >= 11 is 0. The molecule has 1 aromatic carbocycles. The van der Waals surface area contributed by atoms with Crippen molar-refractivity contribution in [2.24, 2.45) is 11.7 Å². The van der Waals surface area contributed by atoms with E-state index in [0.29, 0.717) is 44.3 Å². The maximum atomic E-state index is 12.8. The van der Waals surface area contributed by atoms with E-state index in [4.69, 9.17) is 10.5 Å². The van der Waals surface area contributed by atoms with Crippen molar-refractivity contribution in [2.45, 2.75) is 37.6 Å². The van der Waals surface area contributed by atoms with Crippen LogP contribution in [0.1, 0.15) is 37.6 Å². The summed E-state index contributed by atoms with van der Waals surface area (Å²) in [4.78, 5) is 12.8. The Kier molecular flexibility index (Phi) is 6.79. The molecule has 0 spiro atoms. The highest BCUT2D eigenvalue weighted by molar-refractivity contribution is 7.89. The van der Waals surface area contributed by atoms with E-state index in [1.807, 2.05) is 6.92 Å². The van der Waals surface area contributed by atoms with Crippen molar-refractivity contribution in [3.63, 3.8) is 0 Å². The molecule has 1 aromatic rings. The van der Waals surface area contributed by atoms with E-state index in [-0.39, 0.29) is 10.8 Å². The van der Waals surface area contributed by atoms with Gasteiger partial charge < -0.3 is 15.8 Å². The van der Waals surface area contributed by atoms with Crippen molar-refractivity contribution in [1.29, 1.82) is 0 Å². The third-order valence-electron chi connectivity index (χ3n) is 4.43. The SMILES string of the molecule is CC(C)CC(C)(CN)NC(=O)c1cccc(S(=O)(=O)N2CCOCC2)c1. The molecule has 1 aliphatic heterocycles. The summed E-state index contributed by atoms with van der Waals surface area (Å²) in [5, 5.41) is 2.96. The van der Waals surface area contributed by atoms with Crippen molar-refractivity contribution in [1.82, 2.24) is 9.62 Å². The Bertz CT molecular complexity index is 730. The third-order valence-corrected chi connectivity index (χ3v) is 6.32. The largest absolute Gasteiger partial charge is 0.379 e. The Hall–Kier alpha value is -1.48. The van der Waals surface area contributed by atoms with Gasteiger partial charge in [0.05, 0.1) is 18.1 Å². The lowest BCUT2D eigenvalue weighted by Crippen LogP contribution is -2.52. The van der Waals surface area contributed by atoms with Crippen LogP contribution in [0.15, 0.2) is 29.2 Å². The summed E-state index contributed by atoms with van der Waals surface area (Å²) in [6.07, 6.45) is 0.737. The molecule has 0 bridgehead atoms. The maximum absolute atomic E-state index is 12.8. The predicted molar refractivity (Wildman–Crippen MR) is 100 cm³/mol. The van der Waals surface area contributed by atoms with Crippen molar-refractivity contribution in [3.05, 3.63) is 29.8 Å². The van der Waals surface area contributed by atoms with Gasteiger partial charge in [0.2, 0.25) is 10.0 Å². The summed E-state index contributed by atoms with van der Waals surface area (Å²) in [6.45, 7) is 7.73. The number of carbonyl (C=O) groups is 1. The molecule has 0 radical (unpaired) electrons. The molecule has 1 fully saturated rings. The lowest BCUT2D eigenvalue weighted by molar-refractivity contribution is 0.0730. The fraction of sp³-hybridized carbons (Fsp3) is 0.611. The van der Waals surface area contributed by atoms with Crippen LogP contribution in [0.4, 0.5) is 0 Å². The number of carbonyl (C=O) groups excluding carboxylic acids is 1. The second kappa shape index (κ2) is 8.47. The second-order valence-corrected chi connectivity index (χ2v) is 9.30. The lowest BCUT2D eigenvalue weighted by Gasteiger charge is -2.31. The Labute approximate surface area is 155 Å². The summed E-state index contributed by atoms with van der Waals surface area (Å²) in [7, 11) is -3.64. The molecule has 3 N–H and O–H groups in total. The molecule has 1 heterocycles. The molecule has 146 valence electrons. The average molecular weight is 384 g/mol. The quantitative estimate of drug-likeness (QED) is 0.737. The number of hydrogen-bond acceptors (Lipinski definition) is 5. The average Bonchev–Trinajstić information content (AvgIpc) is 2.62. The van der Waals surface area contributed by atoms with Gasteiger partial charge in [-0.3, -0.25) is 4.79 Å². The number of benzene rings is 1. The highest BCUT2D eigenvalue weighted by atomic mass is 32.2. The fourth-order valence-corrected chi connectivity index (χ4v) is 4.62. The number of hydrogen-bond donors (Lipinski definition) is 2. The number of amides is 1. The summed E-state index contributed by atoms with van der Waals surface area (Å²) in [5.74, 6) is 0.0505. The number of ether oxygens (including phenoxy) is 1. The summed E-state index contributed by atoms with van der Waals surface area (Å²) in [6, 6.07) is 6.13. The van der Waals surface area contributed by atoms with Gasteiger partial charge in [0.25, 0.3) is 5.91 Å². The highest BCUT2D eigenvalue weighted by Crippen LogP contribution is 2.20. The number of nitrogens with two attached hydrogens (primary N) is 1. The zero-order chi connectivity index (χ0) is 19.4. The van der Waals surface area contributed by atoms with Gasteiger partial charge in [0.1, 0.15) is 0 Å². The van der Waals surface area contributed by atoms with Gasteiger partial charge >= 0.3 is 0 Å². The van der Waals surface area contributed by atoms with E-state index < -0.39 is 15.6 Å². The zero-order valence-corrected chi connectivity index (χ0v) is 16.5. The topological polar surface area (TPSA) is 102 Å². The summed E-state index contributed by atoms with van der Waals surface area (Å²) < 4.78 is 32.1. The van der Waals surface area contributed by atoms with Crippen LogP contribution in [0.2, 0.25) is 0 Å². The van der Waals surface area contributed by atoms with Crippen LogP contribution in [0.3, 0.4) is 0 Å². The van der Waals surface area contributed by atoms with Gasteiger partial charge in [-0.1, -0.05) is 19.9 Å². The normalized spacial score (nSPS) is 18.5. The summed E-state index contributed by atoms with van der Waals surface area (Å²) in [5.41, 5.74) is 5.62. The van der Waals surface area contributed by atoms with Crippen molar-refractivity contribution in [3.8, 4) is 0 Å². The molecule has 1 atom stereocenters. The van der Waals surface area contributed by atoms with Crippen molar-refractivity contribution >= 4 is 15.9 Å². The third kappa shape index (κ3) is 5.03. The van der Waals surface area contributed by atoms with Crippen LogP contribution in [-0.4, -0.2) is 57.0 Å². The molecule has 26 heavy (non-hydrogen) atoms. The molecule has 1 amide bonds. The first-order chi connectivity index (χ1) is 12.2. The van der Waals surface area contributed by atoms with Crippen LogP contribution < -0.4 is 11.1 Å². The molecule has 8 heteroatoms. The first-order valence-electron chi connectivity index (χ1n) is 8.88. The minimum atomic E-state index is -3.64. The zero-order valence-electron chi connectivity index (χ0n) is 15.7. The van der Waals surface area contributed by atoms with Gasteiger partial charge in [-0.15, -0.1) is 0 Å². The fourth-order valence-electron chi connectivity index (χ4n) is 3.17. The van der Waals surface area contributed by atoms with E-state index in [2.05, 4.69) is 19.2 Å². The van der Waals surface area contributed by atoms with Gasteiger partial charge in [-0.05, 0) is 37.5 Å². The Balaban J connectivity index is 2.21. The molecule has 1 saturated heterocycles. The second-order valence-electron chi connectivity index (χ2n) is 7.36. The van der Waals surface area contributed by atoms with Crippen LogP contribution >= 0.6 is 0 Å². The van der Waals surface area contributed by atoms with Crippen molar-refractivity contribution in [2.75, 3.05) is 32.8 Å². The molecule has 1 unspecified atom stereocenters. The standard InChI is InChI=1S/C18H29N3O4S/c1-14(2)12-18(3,13-19)20-17(22)15-5-4-6-16(11-15)26(23,24)21-7-9-25-10-8-21/h4-6,11,14H,7-10,12-13,19H2,1-3H3,(H,20,22). The van der Waals surface area contributed by atoms with E-state index in [1.54, 1.807) is 12.1 Å². The van der Waals surface area contributed by atoms with E-state index >= 15 is 0 Å². The molecular formula is C18H29N3O4S. The van der Waals surface area contributed by atoms with Gasteiger partial charge in [0, 0.05) is 30.7 Å². The van der Waals surface area contributed by atoms with Crippen LogP contribution in [0.25, 0.3) is 0 Å². The first kappa shape index (κ1) is 20.8. The minimum Gasteiger partial charge on any atom is -0.379 e. The van der Waals surface area contributed by atoms with Crippen molar-refractivity contribution < 1.29 is 17.9 Å². The first-order valence-corrected chi connectivity index (χ1v) is 10.3. The molecule has 0 saturated carbocycles.